The molecule has 4 aromatic rings. The molecule has 10 nitrogen and oxygen atoms in total. The van der Waals surface area contributed by atoms with Crippen LogP contribution >= 0.6 is 0 Å². The SMILES string of the molecule is O=C1CC(=O)N(c2ccc(NS(=O)(=O)c3ccccc3[N+](=O)[O-])cc2)c2ccc3ccccc3c2N1. The van der Waals surface area contributed by atoms with Gasteiger partial charge in [0.25, 0.3) is 15.7 Å². The zero-order valence-corrected chi connectivity index (χ0v) is 19.4. The summed E-state index contributed by atoms with van der Waals surface area (Å²) in [5.41, 5.74) is 1.01. The number of hydrogen-bond donors (Lipinski definition) is 2. The van der Waals surface area contributed by atoms with Crippen LogP contribution in [0.4, 0.5) is 28.4 Å². The van der Waals surface area contributed by atoms with Gasteiger partial charge in [0, 0.05) is 22.8 Å². The Hall–Kier alpha value is -4.77. The fourth-order valence-electron chi connectivity index (χ4n) is 4.12. The summed E-state index contributed by atoms with van der Waals surface area (Å²) in [5, 5.41) is 15.7. The lowest BCUT2D eigenvalue weighted by molar-refractivity contribution is -0.387. The van der Waals surface area contributed by atoms with Gasteiger partial charge in [0.2, 0.25) is 11.8 Å². The summed E-state index contributed by atoms with van der Waals surface area (Å²) >= 11 is 0. The van der Waals surface area contributed by atoms with Gasteiger partial charge >= 0.3 is 0 Å². The molecule has 0 aliphatic carbocycles. The second-order valence-electron chi connectivity index (χ2n) is 8.01. The van der Waals surface area contributed by atoms with Gasteiger partial charge in [-0.2, -0.15) is 0 Å². The molecule has 0 fully saturated rings. The van der Waals surface area contributed by atoms with E-state index >= 15 is 0 Å². The van der Waals surface area contributed by atoms with Crippen molar-refractivity contribution in [2.24, 2.45) is 0 Å². The fraction of sp³-hybridized carbons (Fsp3) is 0.0400. The first-order chi connectivity index (χ1) is 17.2. The van der Waals surface area contributed by atoms with E-state index in [1.807, 2.05) is 30.3 Å². The standard InChI is InChI=1S/C25H18N4O6S/c30-23-15-24(31)28(21-14-9-16-5-1-2-6-19(16)25(21)26-23)18-12-10-17(11-13-18)27-36(34,35)22-8-4-3-7-20(22)29(32)33/h1-14,27H,15H2,(H,26,30). The molecule has 0 bridgehead atoms. The molecule has 2 amide bonds. The second kappa shape index (κ2) is 8.78. The highest BCUT2D eigenvalue weighted by molar-refractivity contribution is 7.92. The first-order valence-corrected chi connectivity index (χ1v) is 12.2. The zero-order valence-electron chi connectivity index (χ0n) is 18.5. The highest BCUT2D eigenvalue weighted by Crippen LogP contribution is 2.40. The Morgan fingerprint density at radius 2 is 1.58 bits per heavy atom. The summed E-state index contributed by atoms with van der Waals surface area (Å²) in [7, 11) is -4.25. The molecule has 5 rings (SSSR count). The van der Waals surface area contributed by atoms with Gasteiger partial charge in [-0.1, -0.05) is 42.5 Å². The van der Waals surface area contributed by atoms with E-state index < -0.39 is 37.3 Å². The van der Waals surface area contributed by atoms with Gasteiger partial charge in [0.1, 0.15) is 6.42 Å². The van der Waals surface area contributed by atoms with Crippen LogP contribution in [0.25, 0.3) is 10.8 Å². The molecule has 0 unspecified atom stereocenters. The molecule has 0 atom stereocenters. The van der Waals surface area contributed by atoms with Gasteiger partial charge in [-0.05, 0) is 41.8 Å². The Bertz CT molecular complexity index is 1650. The fourth-order valence-corrected chi connectivity index (χ4v) is 5.35. The first-order valence-electron chi connectivity index (χ1n) is 10.8. The van der Waals surface area contributed by atoms with Crippen LogP contribution in [-0.2, 0) is 19.6 Å². The topological polar surface area (TPSA) is 139 Å². The summed E-state index contributed by atoms with van der Waals surface area (Å²) in [6, 6.07) is 22.0. The van der Waals surface area contributed by atoms with Gasteiger partial charge in [0.05, 0.1) is 16.3 Å². The van der Waals surface area contributed by atoms with E-state index in [1.165, 1.54) is 41.3 Å². The second-order valence-corrected chi connectivity index (χ2v) is 9.66. The number of sulfonamides is 1. The van der Waals surface area contributed by atoms with Crippen LogP contribution in [0.3, 0.4) is 0 Å². The van der Waals surface area contributed by atoms with E-state index in [-0.39, 0.29) is 12.1 Å². The highest BCUT2D eigenvalue weighted by Gasteiger charge is 2.29. The molecule has 1 heterocycles. The minimum Gasteiger partial charge on any atom is -0.323 e. The lowest BCUT2D eigenvalue weighted by Gasteiger charge is -2.23. The third-order valence-corrected chi connectivity index (χ3v) is 7.13. The number of carbonyl (C=O) groups is 2. The maximum Gasteiger partial charge on any atom is 0.289 e. The number of carbonyl (C=O) groups excluding carboxylic acids is 2. The van der Waals surface area contributed by atoms with Gasteiger partial charge in [0.15, 0.2) is 4.90 Å². The molecule has 1 aliphatic rings. The summed E-state index contributed by atoms with van der Waals surface area (Å²) in [4.78, 5) is 36.9. The normalized spacial score (nSPS) is 13.6. The molecular formula is C25H18N4O6S. The van der Waals surface area contributed by atoms with Crippen LogP contribution in [0.15, 0.2) is 89.8 Å². The largest absolute Gasteiger partial charge is 0.323 e. The maximum atomic E-state index is 13.0. The van der Waals surface area contributed by atoms with Crippen molar-refractivity contribution in [3.05, 3.63) is 95.0 Å². The van der Waals surface area contributed by atoms with Crippen LogP contribution in [0.5, 0.6) is 0 Å². The molecule has 0 aromatic heterocycles. The molecule has 2 N–H and O–H groups in total. The van der Waals surface area contributed by atoms with Gasteiger partial charge in [-0.15, -0.1) is 0 Å². The molecule has 180 valence electrons. The zero-order chi connectivity index (χ0) is 25.4. The number of rotatable bonds is 5. The van der Waals surface area contributed by atoms with Crippen molar-refractivity contribution in [3.8, 4) is 0 Å². The van der Waals surface area contributed by atoms with Crippen LogP contribution in [0.2, 0.25) is 0 Å². The third-order valence-electron chi connectivity index (χ3n) is 5.70. The van der Waals surface area contributed by atoms with Crippen LogP contribution in [0.1, 0.15) is 6.42 Å². The number of amides is 2. The number of hydrogen-bond acceptors (Lipinski definition) is 6. The lowest BCUT2D eigenvalue weighted by atomic mass is 10.1. The lowest BCUT2D eigenvalue weighted by Crippen LogP contribution is -2.26. The molecule has 4 aromatic carbocycles. The number of nitrogens with one attached hydrogen (secondary N) is 2. The van der Waals surface area contributed by atoms with Gasteiger partial charge in [-0.25, -0.2) is 8.42 Å². The number of para-hydroxylation sites is 1. The summed E-state index contributed by atoms with van der Waals surface area (Å²) in [6.45, 7) is 0. The van der Waals surface area contributed by atoms with Crippen molar-refractivity contribution < 1.29 is 22.9 Å². The van der Waals surface area contributed by atoms with Crippen LogP contribution < -0.4 is 14.9 Å². The smallest absolute Gasteiger partial charge is 0.289 e. The number of nitro benzene ring substituents is 1. The van der Waals surface area contributed by atoms with Crippen molar-refractivity contribution in [2.45, 2.75) is 11.3 Å². The molecule has 0 saturated heterocycles. The average molecular weight is 503 g/mol. The van der Waals surface area contributed by atoms with Crippen molar-refractivity contribution in [1.82, 2.24) is 0 Å². The molecule has 0 saturated carbocycles. The van der Waals surface area contributed by atoms with Crippen molar-refractivity contribution in [1.29, 1.82) is 0 Å². The van der Waals surface area contributed by atoms with E-state index in [0.29, 0.717) is 17.1 Å². The Morgan fingerprint density at radius 1 is 0.889 bits per heavy atom. The average Bonchev–Trinajstić information content (AvgIpc) is 2.99. The third kappa shape index (κ3) is 4.12. The van der Waals surface area contributed by atoms with E-state index in [0.717, 1.165) is 22.9 Å². The van der Waals surface area contributed by atoms with Crippen LogP contribution in [0, 0.1) is 10.1 Å². The van der Waals surface area contributed by atoms with Gasteiger partial charge < -0.3 is 5.32 Å². The van der Waals surface area contributed by atoms with E-state index in [2.05, 4.69) is 10.0 Å². The Balaban J connectivity index is 1.51. The van der Waals surface area contributed by atoms with E-state index in [1.54, 1.807) is 6.07 Å². The monoisotopic (exact) mass is 502 g/mol. The minimum atomic E-state index is -4.25. The van der Waals surface area contributed by atoms with Crippen molar-refractivity contribution in [2.75, 3.05) is 14.9 Å². The van der Waals surface area contributed by atoms with Crippen molar-refractivity contribution in [3.63, 3.8) is 0 Å². The summed E-state index contributed by atoms with van der Waals surface area (Å²) < 4.78 is 28.0. The molecule has 0 radical (unpaired) electrons. The first kappa shape index (κ1) is 23.0. The van der Waals surface area contributed by atoms with Gasteiger partial charge in [-0.3, -0.25) is 29.3 Å². The number of nitro groups is 1. The molecule has 11 heteroatoms. The summed E-state index contributed by atoms with van der Waals surface area (Å²) in [6.07, 6.45) is -0.366. The van der Waals surface area contributed by atoms with Crippen molar-refractivity contribution >= 4 is 61.0 Å². The summed E-state index contributed by atoms with van der Waals surface area (Å²) in [5.74, 6) is -0.885. The number of anilines is 4. The predicted molar refractivity (Wildman–Crippen MR) is 135 cm³/mol. The highest BCUT2D eigenvalue weighted by atomic mass is 32.2. The molecule has 1 aliphatic heterocycles. The number of fused-ring (bicyclic) bond motifs is 3. The van der Waals surface area contributed by atoms with E-state index in [4.69, 9.17) is 0 Å². The Morgan fingerprint density at radius 3 is 2.33 bits per heavy atom. The molecule has 0 spiro atoms. The molecule has 36 heavy (non-hydrogen) atoms. The Labute approximate surface area is 205 Å². The quantitative estimate of drug-likeness (QED) is 0.233. The van der Waals surface area contributed by atoms with E-state index in [9.17, 15) is 28.1 Å². The van der Waals surface area contributed by atoms with Crippen LogP contribution in [-0.4, -0.2) is 25.2 Å². The molecular weight excluding hydrogens is 484 g/mol. The number of nitrogens with zero attached hydrogens (tertiary/aromatic N) is 2. The Kier molecular flexibility index (Phi) is 5.61. The number of benzene rings is 4. The predicted octanol–water partition coefficient (Wildman–Crippen LogP) is 4.56. The minimum absolute atomic E-state index is 0.145. The maximum absolute atomic E-state index is 13.0.